The van der Waals surface area contributed by atoms with Crippen LogP contribution in [0.2, 0.25) is 0 Å². The Labute approximate surface area is 149 Å². The van der Waals surface area contributed by atoms with E-state index in [2.05, 4.69) is 10.6 Å². The van der Waals surface area contributed by atoms with Crippen LogP contribution in [0.1, 0.15) is 17.3 Å². The summed E-state index contributed by atoms with van der Waals surface area (Å²) < 4.78 is 4.91. The first-order chi connectivity index (χ1) is 11.9. The van der Waals surface area contributed by atoms with Gasteiger partial charge in [-0.15, -0.1) is 0 Å². The molecule has 0 saturated carbocycles. The smallest absolute Gasteiger partial charge is 0.338 e. The summed E-state index contributed by atoms with van der Waals surface area (Å²) in [4.78, 5) is 21.9. The molecule has 0 unspecified atom stereocenters. The van der Waals surface area contributed by atoms with Crippen molar-refractivity contribution in [3.8, 4) is 0 Å². The summed E-state index contributed by atoms with van der Waals surface area (Å²) in [5.74, 6) is -0.399. The van der Waals surface area contributed by atoms with Crippen LogP contribution in [0.25, 0.3) is 0 Å². The van der Waals surface area contributed by atoms with E-state index in [0.29, 0.717) is 23.5 Å². The second-order valence-corrected chi connectivity index (χ2v) is 5.32. The van der Waals surface area contributed by atoms with Crippen LogP contribution in [0, 0.1) is 10.1 Å². The molecule has 9 heteroatoms. The van der Waals surface area contributed by atoms with E-state index >= 15 is 0 Å². The highest BCUT2D eigenvalue weighted by atomic mass is 32.1. The lowest BCUT2D eigenvalue weighted by Crippen LogP contribution is -2.19. The first-order valence-electron chi connectivity index (χ1n) is 7.29. The molecule has 0 atom stereocenters. The fraction of sp³-hybridized carbons (Fsp3) is 0.125. The fourth-order valence-corrected chi connectivity index (χ4v) is 2.21. The third kappa shape index (κ3) is 4.88. The van der Waals surface area contributed by atoms with Crippen LogP contribution in [-0.2, 0) is 4.74 Å². The van der Waals surface area contributed by atoms with Crippen molar-refractivity contribution in [2.75, 3.05) is 23.0 Å². The summed E-state index contributed by atoms with van der Waals surface area (Å²) in [5, 5.41) is 16.9. The number of ether oxygens (including phenoxy) is 1. The van der Waals surface area contributed by atoms with Crippen LogP contribution in [-0.4, -0.2) is 22.6 Å². The second-order valence-electron chi connectivity index (χ2n) is 4.91. The molecule has 0 bridgehead atoms. The number of esters is 1. The van der Waals surface area contributed by atoms with Crippen molar-refractivity contribution in [2.24, 2.45) is 0 Å². The van der Waals surface area contributed by atoms with E-state index in [9.17, 15) is 14.9 Å². The van der Waals surface area contributed by atoms with Crippen molar-refractivity contribution in [1.29, 1.82) is 0 Å². The lowest BCUT2D eigenvalue weighted by atomic mass is 10.2. The van der Waals surface area contributed by atoms with Crippen LogP contribution >= 0.6 is 12.2 Å². The number of hydrogen-bond donors (Lipinski definition) is 3. The minimum atomic E-state index is -0.564. The minimum Gasteiger partial charge on any atom is -0.462 e. The van der Waals surface area contributed by atoms with Gasteiger partial charge in [-0.05, 0) is 55.5 Å². The lowest BCUT2D eigenvalue weighted by Gasteiger charge is -2.11. The standard InChI is InChI=1S/C16H16N4O4S/c1-2-24-15(21)10-3-5-11(6-4-10)18-16(25)19-12-7-8-13(17)14(9-12)20(22)23/h3-9H,2,17H2,1H3,(H2,18,19,25). The molecule has 0 heterocycles. The van der Waals surface area contributed by atoms with E-state index < -0.39 is 10.9 Å². The highest BCUT2D eigenvalue weighted by molar-refractivity contribution is 7.80. The third-order valence-electron chi connectivity index (χ3n) is 3.14. The fourth-order valence-electron chi connectivity index (χ4n) is 1.98. The molecule has 0 radical (unpaired) electrons. The molecule has 0 aliphatic rings. The molecule has 0 spiro atoms. The maximum absolute atomic E-state index is 11.6. The van der Waals surface area contributed by atoms with Crippen molar-refractivity contribution >= 4 is 46.0 Å². The number of hydrogen-bond acceptors (Lipinski definition) is 6. The molecule has 2 rings (SSSR count). The van der Waals surface area contributed by atoms with Crippen molar-refractivity contribution in [3.63, 3.8) is 0 Å². The molecule has 130 valence electrons. The van der Waals surface area contributed by atoms with Crippen LogP contribution in [0.15, 0.2) is 42.5 Å². The van der Waals surface area contributed by atoms with Crippen LogP contribution < -0.4 is 16.4 Å². The quantitative estimate of drug-likeness (QED) is 0.244. The van der Waals surface area contributed by atoms with Gasteiger partial charge < -0.3 is 21.1 Å². The topological polar surface area (TPSA) is 120 Å². The zero-order valence-electron chi connectivity index (χ0n) is 13.3. The predicted octanol–water partition coefficient (Wildman–Crippen LogP) is 3.16. The van der Waals surface area contributed by atoms with Gasteiger partial charge in [0.2, 0.25) is 0 Å². The molecule has 8 nitrogen and oxygen atoms in total. The SMILES string of the molecule is CCOC(=O)c1ccc(NC(=S)Nc2ccc(N)c([N+](=O)[O-])c2)cc1. The predicted molar refractivity (Wildman–Crippen MR) is 99.8 cm³/mol. The van der Waals surface area contributed by atoms with Crippen LogP contribution in [0.5, 0.6) is 0 Å². The van der Waals surface area contributed by atoms with Crippen LogP contribution in [0.4, 0.5) is 22.7 Å². The molecule has 0 aromatic heterocycles. The number of nitro benzene ring substituents is 1. The average Bonchev–Trinajstić information content (AvgIpc) is 2.57. The van der Waals surface area contributed by atoms with Gasteiger partial charge in [0.1, 0.15) is 5.69 Å². The molecule has 0 fully saturated rings. The molecular formula is C16H16N4O4S. The van der Waals surface area contributed by atoms with E-state index in [-0.39, 0.29) is 16.5 Å². The maximum Gasteiger partial charge on any atom is 0.338 e. The Bertz CT molecular complexity index is 808. The number of nitrogens with two attached hydrogens (primary N) is 1. The van der Waals surface area contributed by atoms with Gasteiger partial charge in [0.25, 0.3) is 5.69 Å². The summed E-state index contributed by atoms with van der Waals surface area (Å²) in [7, 11) is 0. The number of anilines is 3. The normalized spacial score (nSPS) is 9.96. The zero-order chi connectivity index (χ0) is 18.4. The summed E-state index contributed by atoms with van der Waals surface area (Å²) >= 11 is 5.17. The lowest BCUT2D eigenvalue weighted by molar-refractivity contribution is -0.383. The minimum absolute atomic E-state index is 0.0731. The van der Waals surface area contributed by atoms with E-state index in [1.165, 1.54) is 12.1 Å². The number of thiocarbonyl (C=S) groups is 1. The molecule has 2 aromatic rings. The number of benzene rings is 2. The van der Waals surface area contributed by atoms with Gasteiger partial charge >= 0.3 is 5.97 Å². The third-order valence-corrected chi connectivity index (χ3v) is 3.34. The van der Waals surface area contributed by atoms with Crippen molar-refractivity contribution < 1.29 is 14.5 Å². The van der Waals surface area contributed by atoms with Gasteiger partial charge in [0.15, 0.2) is 5.11 Å². The Kier molecular flexibility index (Phi) is 5.85. The molecule has 2 aromatic carbocycles. The van der Waals surface area contributed by atoms with Crippen LogP contribution in [0.3, 0.4) is 0 Å². The number of rotatable bonds is 5. The summed E-state index contributed by atoms with van der Waals surface area (Å²) in [6, 6.07) is 10.9. The monoisotopic (exact) mass is 360 g/mol. The van der Waals surface area contributed by atoms with Gasteiger partial charge in [0, 0.05) is 17.4 Å². The van der Waals surface area contributed by atoms with Crippen molar-refractivity contribution in [2.45, 2.75) is 6.92 Å². The Balaban J connectivity index is 2.02. The summed E-state index contributed by atoms with van der Waals surface area (Å²) in [5.41, 5.74) is 6.93. The summed E-state index contributed by atoms with van der Waals surface area (Å²) in [6.07, 6.45) is 0. The molecular weight excluding hydrogens is 344 g/mol. The molecule has 0 aliphatic heterocycles. The first kappa shape index (κ1) is 18.1. The summed E-state index contributed by atoms with van der Waals surface area (Å²) in [6.45, 7) is 2.04. The number of carbonyl (C=O) groups is 1. The van der Waals surface area contributed by atoms with Gasteiger partial charge in [-0.3, -0.25) is 10.1 Å². The number of nitrogen functional groups attached to an aromatic ring is 1. The van der Waals surface area contributed by atoms with E-state index in [4.69, 9.17) is 22.7 Å². The van der Waals surface area contributed by atoms with Crippen molar-refractivity contribution in [1.82, 2.24) is 0 Å². The Hall–Kier alpha value is -3.20. The highest BCUT2D eigenvalue weighted by Gasteiger charge is 2.12. The highest BCUT2D eigenvalue weighted by Crippen LogP contribution is 2.25. The van der Waals surface area contributed by atoms with E-state index in [1.807, 2.05) is 0 Å². The molecule has 0 saturated heterocycles. The van der Waals surface area contributed by atoms with E-state index in [0.717, 1.165) is 0 Å². The molecule has 4 N–H and O–H groups in total. The van der Waals surface area contributed by atoms with Gasteiger partial charge in [-0.25, -0.2) is 4.79 Å². The number of nitrogens with zero attached hydrogens (tertiary/aromatic N) is 1. The molecule has 0 amide bonds. The van der Waals surface area contributed by atoms with Gasteiger partial charge in [-0.1, -0.05) is 0 Å². The Morgan fingerprint density at radius 2 is 1.80 bits per heavy atom. The molecule has 25 heavy (non-hydrogen) atoms. The van der Waals surface area contributed by atoms with Crippen molar-refractivity contribution in [3.05, 3.63) is 58.1 Å². The second kappa shape index (κ2) is 8.06. The Morgan fingerprint density at radius 1 is 1.20 bits per heavy atom. The maximum atomic E-state index is 11.6. The largest absolute Gasteiger partial charge is 0.462 e. The Morgan fingerprint density at radius 3 is 2.40 bits per heavy atom. The zero-order valence-corrected chi connectivity index (χ0v) is 14.1. The van der Waals surface area contributed by atoms with E-state index in [1.54, 1.807) is 37.3 Å². The number of nitro groups is 1. The number of carbonyl (C=O) groups excluding carboxylic acids is 1. The number of nitrogens with one attached hydrogen (secondary N) is 2. The van der Waals surface area contributed by atoms with Gasteiger partial charge in [0.05, 0.1) is 17.1 Å². The molecule has 0 aliphatic carbocycles. The first-order valence-corrected chi connectivity index (χ1v) is 7.70. The average molecular weight is 360 g/mol. The van der Waals surface area contributed by atoms with Gasteiger partial charge in [-0.2, -0.15) is 0 Å².